The number of nitrogens with zero attached hydrogens (tertiary/aromatic N) is 2. The van der Waals surface area contributed by atoms with E-state index in [2.05, 4.69) is 23.1 Å². The molecule has 2 heteroatoms. The van der Waals surface area contributed by atoms with Crippen LogP contribution in [0.4, 0.5) is 5.69 Å². The number of benzene rings is 1. The molecule has 0 saturated carbocycles. The van der Waals surface area contributed by atoms with Crippen LogP contribution in [0.5, 0.6) is 0 Å². The van der Waals surface area contributed by atoms with Gasteiger partial charge < -0.3 is 4.90 Å². The molecule has 2 aliphatic heterocycles. The zero-order valence-electron chi connectivity index (χ0n) is 8.17. The fourth-order valence-corrected chi connectivity index (χ4v) is 2.34. The molecule has 0 fully saturated rings. The predicted octanol–water partition coefficient (Wildman–Crippen LogP) is 2.57. The fourth-order valence-electron chi connectivity index (χ4n) is 2.34. The van der Waals surface area contributed by atoms with E-state index in [1.165, 1.54) is 0 Å². The van der Waals surface area contributed by atoms with Gasteiger partial charge in [-0.3, -0.25) is 0 Å². The Morgan fingerprint density at radius 1 is 1.20 bits per heavy atom. The second-order valence-corrected chi connectivity index (χ2v) is 3.79. The van der Waals surface area contributed by atoms with Gasteiger partial charge in [0.1, 0.15) is 0 Å². The number of hydrogen-bond acceptors (Lipinski definition) is 2. The second-order valence-electron chi connectivity index (χ2n) is 3.79. The van der Waals surface area contributed by atoms with Gasteiger partial charge in [0.25, 0.3) is 0 Å². The Morgan fingerprint density at radius 2 is 2.07 bits per heavy atom. The number of rotatable bonds is 0. The summed E-state index contributed by atoms with van der Waals surface area (Å²) in [5.41, 5.74) is 2.30. The maximum Gasteiger partial charge on any atom is 0.0975 e. The highest BCUT2D eigenvalue weighted by Gasteiger charge is 2.36. The molecule has 2 unspecified atom stereocenters. The molecular formula is C13H10N2. The highest BCUT2D eigenvalue weighted by atomic mass is 15.2. The summed E-state index contributed by atoms with van der Waals surface area (Å²) in [6, 6.07) is 10.7. The van der Waals surface area contributed by atoms with E-state index >= 15 is 0 Å². The lowest BCUT2D eigenvalue weighted by atomic mass is 9.96. The van der Waals surface area contributed by atoms with Crippen LogP contribution in [-0.2, 0) is 0 Å². The summed E-state index contributed by atoms with van der Waals surface area (Å²) in [6.45, 7) is 0. The highest BCUT2D eigenvalue weighted by molar-refractivity contribution is 5.67. The lowest BCUT2D eigenvalue weighted by Gasteiger charge is -2.24. The molecule has 0 bridgehead atoms. The van der Waals surface area contributed by atoms with Gasteiger partial charge in [0, 0.05) is 11.9 Å². The molecule has 0 spiro atoms. The first-order chi connectivity index (χ1) is 7.42. The van der Waals surface area contributed by atoms with E-state index in [0.717, 1.165) is 11.3 Å². The Kier molecular flexibility index (Phi) is 1.66. The van der Waals surface area contributed by atoms with Crippen LogP contribution >= 0.6 is 0 Å². The molecule has 0 aliphatic carbocycles. The number of hydrogen-bond donors (Lipinski definition) is 0. The summed E-state index contributed by atoms with van der Waals surface area (Å²) in [5.74, 6) is -0.0394. The quantitative estimate of drug-likeness (QED) is 0.634. The summed E-state index contributed by atoms with van der Waals surface area (Å²) in [5, 5.41) is 9.22. The van der Waals surface area contributed by atoms with Crippen molar-refractivity contribution in [3.8, 4) is 6.07 Å². The lowest BCUT2D eigenvalue weighted by molar-refractivity contribution is 0.752. The first-order valence-electron chi connectivity index (χ1n) is 5.03. The van der Waals surface area contributed by atoms with E-state index in [4.69, 9.17) is 0 Å². The monoisotopic (exact) mass is 194 g/mol. The molecular weight excluding hydrogens is 184 g/mol. The van der Waals surface area contributed by atoms with Crippen molar-refractivity contribution in [1.29, 1.82) is 5.26 Å². The minimum absolute atomic E-state index is 0.0394. The Bertz CT molecular complexity index is 494. The zero-order valence-corrected chi connectivity index (χ0v) is 8.17. The topological polar surface area (TPSA) is 27.0 Å². The molecule has 2 nitrogen and oxygen atoms in total. The highest BCUT2D eigenvalue weighted by Crippen LogP contribution is 2.42. The second kappa shape index (κ2) is 2.99. The van der Waals surface area contributed by atoms with Gasteiger partial charge in [0.15, 0.2) is 0 Å². The summed E-state index contributed by atoms with van der Waals surface area (Å²) in [7, 11) is 0. The van der Waals surface area contributed by atoms with Gasteiger partial charge in [-0.05, 0) is 17.7 Å². The van der Waals surface area contributed by atoms with Gasteiger partial charge >= 0.3 is 0 Å². The molecule has 72 valence electrons. The van der Waals surface area contributed by atoms with Crippen LogP contribution in [0.1, 0.15) is 11.5 Å². The minimum Gasteiger partial charge on any atom is -0.339 e. The largest absolute Gasteiger partial charge is 0.339 e. The van der Waals surface area contributed by atoms with Crippen LogP contribution in [0.25, 0.3) is 0 Å². The van der Waals surface area contributed by atoms with Gasteiger partial charge in [0.2, 0.25) is 0 Å². The van der Waals surface area contributed by atoms with Gasteiger partial charge in [-0.1, -0.05) is 30.4 Å². The molecule has 3 rings (SSSR count). The van der Waals surface area contributed by atoms with Crippen molar-refractivity contribution in [3.63, 3.8) is 0 Å². The molecule has 1 aromatic rings. The number of allylic oxidation sites excluding steroid dienone is 2. The zero-order chi connectivity index (χ0) is 10.3. The van der Waals surface area contributed by atoms with Crippen LogP contribution in [0.15, 0.2) is 48.7 Å². The van der Waals surface area contributed by atoms with Crippen molar-refractivity contribution in [3.05, 3.63) is 54.3 Å². The van der Waals surface area contributed by atoms with E-state index in [0.29, 0.717) is 0 Å². The molecule has 2 aliphatic rings. The van der Waals surface area contributed by atoms with Crippen molar-refractivity contribution >= 4 is 5.69 Å². The van der Waals surface area contributed by atoms with E-state index in [1.807, 2.05) is 36.6 Å². The average Bonchev–Trinajstić information content (AvgIpc) is 2.63. The number of anilines is 1. The summed E-state index contributed by atoms with van der Waals surface area (Å²) < 4.78 is 0. The average molecular weight is 194 g/mol. The summed E-state index contributed by atoms with van der Waals surface area (Å²) in [4.78, 5) is 2.17. The molecule has 15 heavy (non-hydrogen) atoms. The van der Waals surface area contributed by atoms with Crippen molar-refractivity contribution < 1.29 is 0 Å². The van der Waals surface area contributed by atoms with E-state index in [1.54, 1.807) is 0 Å². The molecule has 0 saturated heterocycles. The van der Waals surface area contributed by atoms with E-state index in [9.17, 15) is 5.26 Å². The third-order valence-corrected chi connectivity index (χ3v) is 3.02. The SMILES string of the molecule is N#CC1c2ccccc2N2C=CC=CC12. The molecule has 2 atom stereocenters. The molecule has 2 heterocycles. The maximum absolute atomic E-state index is 9.22. The lowest BCUT2D eigenvalue weighted by Crippen LogP contribution is -2.28. The Balaban J connectivity index is 2.19. The smallest absolute Gasteiger partial charge is 0.0975 e. The number of nitriles is 1. The van der Waals surface area contributed by atoms with Crippen LogP contribution in [0, 0.1) is 11.3 Å². The van der Waals surface area contributed by atoms with Crippen LogP contribution in [0.2, 0.25) is 0 Å². The van der Waals surface area contributed by atoms with Crippen LogP contribution in [-0.4, -0.2) is 6.04 Å². The van der Waals surface area contributed by atoms with Crippen molar-refractivity contribution in [2.45, 2.75) is 12.0 Å². The van der Waals surface area contributed by atoms with Gasteiger partial charge in [-0.15, -0.1) is 0 Å². The van der Waals surface area contributed by atoms with Gasteiger partial charge in [0.05, 0.1) is 18.0 Å². The number of para-hydroxylation sites is 1. The van der Waals surface area contributed by atoms with E-state index < -0.39 is 0 Å². The first kappa shape index (κ1) is 8.31. The standard InChI is InChI=1S/C13H10N2/c14-9-11-10-5-1-2-6-12(10)15-8-4-3-7-13(11)15/h1-8,11,13H. The van der Waals surface area contributed by atoms with Gasteiger partial charge in [-0.2, -0.15) is 5.26 Å². The summed E-state index contributed by atoms with van der Waals surface area (Å²) >= 11 is 0. The van der Waals surface area contributed by atoms with Crippen LogP contribution < -0.4 is 4.90 Å². The molecule has 0 N–H and O–H groups in total. The maximum atomic E-state index is 9.22. The first-order valence-corrected chi connectivity index (χ1v) is 5.03. The van der Waals surface area contributed by atoms with Crippen molar-refractivity contribution in [2.24, 2.45) is 0 Å². The minimum atomic E-state index is -0.0394. The predicted molar refractivity (Wildman–Crippen MR) is 59.3 cm³/mol. The Morgan fingerprint density at radius 3 is 2.93 bits per heavy atom. The van der Waals surface area contributed by atoms with Crippen LogP contribution in [0.3, 0.4) is 0 Å². The summed E-state index contributed by atoms with van der Waals surface area (Å²) in [6.07, 6.45) is 8.15. The fraction of sp³-hybridized carbons (Fsp3) is 0.154. The normalized spacial score (nSPS) is 25.9. The number of fused-ring (bicyclic) bond motifs is 3. The van der Waals surface area contributed by atoms with Gasteiger partial charge in [-0.25, -0.2) is 0 Å². The van der Waals surface area contributed by atoms with Crippen molar-refractivity contribution in [1.82, 2.24) is 0 Å². The third kappa shape index (κ3) is 1.04. The van der Waals surface area contributed by atoms with Crippen molar-refractivity contribution in [2.75, 3.05) is 4.90 Å². The Labute approximate surface area is 88.7 Å². The molecule has 0 radical (unpaired) electrons. The molecule has 0 aromatic heterocycles. The van der Waals surface area contributed by atoms with E-state index in [-0.39, 0.29) is 12.0 Å². The third-order valence-electron chi connectivity index (χ3n) is 3.02. The molecule has 1 aromatic carbocycles. The Hall–Kier alpha value is -2.01. The molecule has 0 amide bonds.